The summed E-state index contributed by atoms with van der Waals surface area (Å²) in [5.41, 5.74) is -0.247. The van der Waals surface area contributed by atoms with Crippen LogP contribution in [-0.2, 0) is 0 Å². The van der Waals surface area contributed by atoms with Gasteiger partial charge in [-0.05, 0) is 20.5 Å². The van der Waals surface area contributed by atoms with E-state index in [4.69, 9.17) is 0 Å². The molecule has 1 fully saturated rings. The van der Waals surface area contributed by atoms with E-state index >= 15 is 0 Å². The normalized spacial score (nSPS) is 18.5. The predicted octanol–water partition coefficient (Wildman–Crippen LogP) is 2.07. The van der Waals surface area contributed by atoms with Crippen molar-refractivity contribution in [2.45, 2.75) is 18.6 Å². The molecule has 1 atom stereocenters. The topological polar surface area (TPSA) is 71.7 Å². The third-order valence-electron chi connectivity index (χ3n) is 3.60. The number of hydrogen-bond acceptors (Lipinski definition) is 6. The van der Waals surface area contributed by atoms with Gasteiger partial charge in [-0.2, -0.15) is 18.2 Å². The minimum atomic E-state index is -4.49. The highest BCUT2D eigenvalue weighted by Gasteiger charge is 2.32. The number of ether oxygens (including phenoxy) is 1. The second kappa shape index (κ2) is 6.57. The number of nitro groups is 1. The van der Waals surface area contributed by atoms with Crippen LogP contribution in [0.1, 0.15) is 6.42 Å². The first-order chi connectivity index (χ1) is 10.7. The zero-order chi connectivity index (χ0) is 17.2. The molecule has 0 aliphatic carbocycles. The van der Waals surface area contributed by atoms with E-state index in [9.17, 15) is 23.3 Å². The van der Waals surface area contributed by atoms with Gasteiger partial charge < -0.3 is 14.5 Å². The van der Waals surface area contributed by atoms with Crippen LogP contribution in [0.25, 0.3) is 0 Å². The fraction of sp³-hybridized carbons (Fsp3) is 0.615. The molecule has 0 bridgehead atoms. The molecule has 0 amide bonds. The van der Waals surface area contributed by atoms with Crippen LogP contribution < -0.4 is 9.64 Å². The average molecular weight is 334 g/mol. The van der Waals surface area contributed by atoms with Gasteiger partial charge >= 0.3 is 11.9 Å². The van der Waals surface area contributed by atoms with E-state index in [1.807, 2.05) is 19.0 Å². The summed E-state index contributed by atoms with van der Waals surface area (Å²) in [6, 6.07) is 2.40. The lowest BCUT2D eigenvalue weighted by molar-refractivity contribution is -0.384. The minimum absolute atomic E-state index is 0.0408. The van der Waals surface area contributed by atoms with Crippen LogP contribution in [0.15, 0.2) is 12.1 Å². The summed E-state index contributed by atoms with van der Waals surface area (Å²) in [5.74, 6) is -0.241. The van der Waals surface area contributed by atoms with E-state index < -0.39 is 17.7 Å². The standard InChI is InChI=1S/C13H17F3N4O3/c1-18(2)9-5-6-19(7-9)12-10(20(21)22)3-4-11(17-12)23-8-13(14,15)16/h3-4,9H,5-8H2,1-2H3. The van der Waals surface area contributed by atoms with Gasteiger partial charge in [-0.25, -0.2) is 0 Å². The number of anilines is 1. The molecule has 0 N–H and O–H groups in total. The summed E-state index contributed by atoms with van der Waals surface area (Å²) < 4.78 is 41.2. The van der Waals surface area contributed by atoms with E-state index in [1.165, 1.54) is 0 Å². The van der Waals surface area contributed by atoms with Crippen molar-refractivity contribution in [3.8, 4) is 5.88 Å². The number of nitrogens with zero attached hydrogens (tertiary/aromatic N) is 4. The molecule has 1 unspecified atom stereocenters. The third-order valence-corrected chi connectivity index (χ3v) is 3.60. The van der Waals surface area contributed by atoms with Crippen LogP contribution in [0.4, 0.5) is 24.7 Å². The molecule has 1 aliphatic rings. The molecule has 0 spiro atoms. The highest BCUT2D eigenvalue weighted by Crippen LogP contribution is 2.32. The molecule has 0 aromatic carbocycles. The molecule has 7 nitrogen and oxygen atoms in total. The molecule has 0 saturated carbocycles. The zero-order valence-electron chi connectivity index (χ0n) is 12.7. The first-order valence-electron chi connectivity index (χ1n) is 6.94. The van der Waals surface area contributed by atoms with Crippen molar-refractivity contribution in [1.82, 2.24) is 9.88 Å². The number of rotatable bonds is 5. The highest BCUT2D eigenvalue weighted by atomic mass is 19.4. The Balaban J connectivity index is 2.23. The van der Waals surface area contributed by atoms with E-state index in [1.54, 1.807) is 4.90 Å². The van der Waals surface area contributed by atoms with Crippen LogP contribution in [0.5, 0.6) is 5.88 Å². The Morgan fingerprint density at radius 1 is 1.48 bits per heavy atom. The molecule has 1 aromatic rings. The summed E-state index contributed by atoms with van der Waals surface area (Å²) >= 11 is 0. The molecule has 1 aliphatic heterocycles. The molecule has 23 heavy (non-hydrogen) atoms. The van der Waals surface area contributed by atoms with Crippen LogP contribution in [0, 0.1) is 10.1 Å². The van der Waals surface area contributed by atoms with E-state index in [0.29, 0.717) is 13.1 Å². The van der Waals surface area contributed by atoms with E-state index in [-0.39, 0.29) is 23.4 Å². The Bertz CT molecular complexity index is 580. The number of aromatic nitrogens is 1. The van der Waals surface area contributed by atoms with Crippen LogP contribution in [-0.4, -0.2) is 60.8 Å². The molecule has 128 valence electrons. The summed E-state index contributed by atoms with van der Waals surface area (Å²) in [5, 5.41) is 11.1. The van der Waals surface area contributed by atoms with E-state index in [2.05, 4.69) is 9.72 Å². The minimum Gasteiger partial charge on any atom is -0.468 e. The molecule has 2 heterocycles. The smallest absolute Gasteiger partial charge is 0.422 e. The average Bonchev–Trinajstić information content (AvgIpc) is 2.93. The maximum absolute atomic E-state index is 12.2. The van der Waals surface area contributed by atoms with Gasteiger partial charge in [0.25, 0.3) is 0 Å². The molecule has 10 heteroatoms. The number of likely N-dealkylation sites (N-methyl/N-ethyl adjacent to an activating group) is 1. The Morgan fingerprint density at radius 3 is 2.70 bits per heavy atom. The number of hydrogen-bond donors (Lipinski definition) is 0. The Morgan fingerprint density at radius 2 is 2.17 bits per heavy atom. The molecule has 0 radical (unpaired) electrons. The van der Waals surface area contributed by atoms with Gasteiger partial charge in [0.2, 0.25) is 11.7 Å². The fourth-order valence-corrected chi connectivity index (χ4v) is 2.39. The molecular weight excluding hydrogens is 317 g/mol. The van der Waals surface area contributed by atoms with Gasteiger partial charge in [-0.3, -0.25) is 10.1 Å². The molecular formula is C13H17F3N4O3. The summed E-state index contributed by atoms with van der Waals surface area (Å²) in [7, 11) is 3.80. The van der Waals surface area contributed by atoms with Gasteiger partial charge in [0.15, 0.2) is 6.61 Å². The maximum Gasteiger partial charge on any atom is 0.422 e. The second-order valence-electron chi connectivity index (χ2n) is 5.51. The highest BCUT2D eigenvalue weighted by molar-refractivity contribution is 5.59. The zero-order valence-corrected chi connectivity index (χ0v) is 12.7. The quantitative estimate of drug-likeness (QED) is 0.606. The largest absolute Gasteiger partial charge is 0.468 e. The summed E-state index contributed by atoms with van der Waals surface area (Å²) in [6.45, 7) is -0.430. The molecule has 2 rings (SSSR count). The third kappa shape index (κ3) is 4.44. The van der Waals surface area contributed by atoms with Gasteiger partial charge in [-0.15, -0.1) is 0 Å². The second-order valence-corrected chi connectivity index (χ2v) is 5.51. The van der Waals surface area contributed by atoms with Gasteiger partial charge in [0, 0.05) is 31.3 Å². The van der Waals surface area contributed by atoms with Gasteiger partial charge in [0.1, 0.15) is 0 Å². The van der Waals surface area contributed by atoms with Crippen molar-refractivity contribution in [1.29, 1.82) is 0 Å². The van der Waals surface area contributed by atoms with Crippen molar-refractivity contribution >= 4 is 11.5 Å². The van der Waals surface area contributed by atoms with Crippen molar-refractivity contribution in [2.24, 2.45) is 0 Å². The van der Waals surface area contributed by atoms with Crippen molar-refractivity contribution < 1.29 is 22.8 Å². The first-order valence-corrected chi connectivity index (χ1v) is 6.94. The fourth-order valence-electron chi connectivity index (χ4n) is 2.39. The van der Waals surface area contributed by atoms with Gasteiger partial charge in [-0.1, -0.05) is 0 Å². The van der Waals surface area contributed by atoms with Crippen LogP contribution in [0.3, 0.4) is 0 Å². The summed E-state index contributed by atoms with van der Waals surface area (Å²) in [6.07, 6.45) is -3.70. The lowest BCUT2D eigenvalue weighted by Crippen LogP contribution is -2.32. The lowest BCUT2D eigenvalue weighted by Gasteiger charge is -2.21. The SMILES string of the molecule is CN(C)C1CCN(c2nc(OCC(F)(F)F)ccc2[N+](=O)[O-])C1. The van der Waals surface area contributed by atoms with Crippen molar-refractivity contribution in [3.63, 3.8) is 0 Å². The predicted molar refractivity (Wildman–Crippen MR) is 76.7 cm³/mol. The molecule has 1 aromatic heterocycles. The van der Waals surface area contributed by atoms with Crippen molar-refractivity contribution in [2.75, 3.05) is 38.7 Å². The Labute approximate surface area is 130 Å². The lowest BCUT2D eigenvalue weighted by atomic mass is 10.2. The van der Waals surface area contributed by atoms with E-state index in [0.717, 1.165) is 18.6 Å². The maximum atomic E-state index is 12.2. The van der Waals surface area contributed by atoms with Crippen LogP contribution in [0.2, 0.25) is 0 Å². The molecule has 1 saturated heterocycles. The number of alkyl halides is 3. The monoisotopic (exact) mass is 334 g/mol. The summed E-state index contributed by atoms with van der Waals surface area (Å²) in [4.78, 5) is 18.1. The van der Waals surface area contributed by atoms with Gasteiger partial charge in [0.05, 0.1) is 4.92 Å². The van der Waals surface area contributed by atoms with Crippen molar-refractivity contribution in [3.05, 3.63) is 22.2 Å². The Kier molecular flexibility index (Phi) is 4.93. The number of halogens is 3. The van der Waals surface area contributed by atoms with Crippen LogP contribution >= 0.6 is 0 Å². The Hall–Kier alpha value is -2.10. The number of pyridine rings is 1. The first kappa shape index (κ1) is 17.3.